The molecule has 0 spiro atoms. The summed E-state index contributed by atoms with van der Waals surface area (Å²) in [6, 6.07) is 9.83. The van der Waals surface area contributed by atoms with Crippen LogP contribution in [-0.4, -0.2) is 24.3 Å². The molecule has 0 radical (unpaired) electrons. The van der Waals surface area contributed by atoms with Gasteiger partial charge in [0.05, 0.1) is 30.3 Å². The van der Waals surface area contributed by atoms with Crippen molar-refractivity contribution >= 4 is 22.5 Å². The standard InChI is InChI=1S/C13H12ClNO2/c14-6-9-5-13(17-10-7-16-8-10)11-3-1-2-4-12(11)15-9/h1-5,10H,6-8H2. The highest BCUT2D eigenvalue weighted by Gasteiger charge is 2.21. The van der Waals surface area contributed by atoms with Crippen molar-refractivity contribution in [1.29, 1.82) is 0 Å². The number of fused-ring (bicyclic) bond motifs is 1. The van der Waals surface area contributed by atoms with Gasteiger partial charge in [0.25, 0.3) is 0 Å². The van der Waals surface area contributed by atoms with Gasteiger partial charge >= 0.3 is 0 Å². The van der Waals surface area contributed by atoms with Crippen LogP contribution in [-0.2, 0) is 10.6 Å². The largest absolute Gasteiger partial charge is 0.485 e. The summed E-state index contributed by atoms with van der Waals surface area (Å²) in [4.78, 5) is 4.46. The molecule has 2 heterocycles. The van der Waals surface area contributed by atoms with Gasteiger partial charge in [0, 0.05) is 11.5 Å². The van der Waals surface area contributed by atoms with E-state index in [1.165, 1.54) is 0 Å². The number of rotatable bonds is 3. The normalized spacial score (nSPS) is 15.8. The molecule has 1 aromatic carbocycles. The zero-order valence-electron chi connectivity index (χ0n) is 9.23. The second-order valence-corrected chi connectivity index (χ2v) is 4.31. The molecule has 88 valence electrons. The van der Waals surface area contributed by atoms with Gasteiger partial charge in [0.15, 0.2) is 0 Å². The number of benzene rings is 1. The van der Waals surface area contributed by atoms with Crippen molar-refractivity contribution in [1.82, 2.24) is 4.98 Å². The van der Waals surface area contributed by atoms with Crippen LogP contribution in [0, 0.1) is 0 Å². The van der Waals surface area contributed by atoms with Crippen LogP contribution < -0.4 is 4.74 Å². The van der Waals surface area contributed by atoms with E-state index in [9.17, 15) is 0 Å². The molecule has 0 saturated carbocycles. The van der Waals surface area contributed by atoms with Gasteiger partial charge in [-0.15, -0.1) is 11.6 Å². The van der Waals surface area contributed by atoms with E-state index < -0.39 is 0 Å². The maximum Gasteiger partial charge on any atom is 0.145 e. The highest BCUT2D eigenvalue weighted by molar-refractivity contribution is 6.17. The van der Waals surface area contributed by atoms with E-state index in [1.54, 1.807) is 0 Å². The molecule has 1 saturated heterocycles. The lowest BCUT2D eigenvalue weighted by molar-refractivity contribution is -0.0791. The van der Waals surface area contributed by atoms with Gasteiger partial charge in [-0.1, -0.05) is 12.1 Å². The third kappa shape index (κ3) is 2.08. The van der Waals surface area contributed by atoms with Crippen LogP contribution in [0.1, 0.15) is 5.69 Å². The van der Waals surface area contributed by atoms with Gasteiger partial charge in [0.2, 0.25) is 0 Å². The Bertz CT molecular complexity index is 540. The topological polar surface area (TPSA) is 31.4 Å². The van der Waals surface area contributed by atoms with Crippen LogP contribution in [0.15, 0.2) is 30.3 Å². The van der Waals surface area contributed by atoms with Crippen LogP contribution >= 0.6 is 11.6 Å². The Balaban J connectivity index is 2.05. The highest BCUT2D eigenvalue weighted by atomic mass is 35.5. The van der Waals surface area contributed by atoms with Crippen LogP contribution in [0.2, 0.25) is 0 Å². The minimum Gasteiger partial charge on any atom is -0.485 e. The lowest BCUT2D eigenvalue weighted by Crippen LogP contribution is -2.38. The SMILES string of the molecule is ClCc1cc(OC2COC2)c2ccccc2n1. The number of hydrogen-bond acceptors (Lipinski definition) is 3. The lowest BCUT2D eigenvalue weighted by Gasteiger charge is -2.27. The number of halogens is 1. The van der Waals surface area contributed by atoms with E-state index in [2.05, 4.69) is 4.98 Å². The Morgan fingerprint density at radius 2 is 2.18 bits per heavy atom. The average Bonchev–Trinajstić information content (AvgIpc) is 2.33. The predicted octanol–water partition coefficient (Wildman–Crippen LogP) is 2.75. The van der Waals surface area contributed by atoms with Gasteiger partial charge in [0.1, 0.15) is 11.9 Å². The van der Waals surface area contributed by atoms with E-state index >= 15 is 0 Å². The van der Waals surface area contributed by atoms with Crippen molar-refractivity contribution in [2.75, 3.05) is 13.2 Å². The van der Waals surface area contributed by atoms with Gasteiger partial charge in [-0.3, -0.25) is 4.98 Å². The average molecular weight is 250 g/mol. The Hall–Kier alpha value is -1.32. The highest BCUT2D eigenvalue weighted by Crippen LogP contribution is 2.27. The Morgan fingerprint density at radius 3 is 2.88 bits per heavy atom. The van der Waals surface area contributed by atoms with Gasteiger partial charge in [-0.2, -0.15) is 0 Å². The maximum absolute atomic E-state index is 5.88. The van der Waals surface area contributed by atoms with E-state index in [0.717, 1.165) is 22.3 Å². The smallest absolute Gasteiger partial charge is 0.145 e. The van der Waals surface area contributed by atoms with Crippen molar-refractivity contribution in [3.63, 3.8) is 0 Å². The van der Waals surface area contributed by atoms with E-state index in [1.807, 2.05) is 30.3 Å². The quantitative estimate of drug-likeness (QED) is 0.784. The number of aromatic nitrogens is 1. The summed E-state index contributed by atoms with van der Waals surface area (Å²) in [5.41, 5.74) is 1.75. The first-order valence-corrected chi connectivity index (χ1v) is 6.09. The summed E-state index contributed by atoms with van der Waals surface area (Å²) >= 11 is 5.84. The van der Waals surface area contributed by atoms with Gasteiger partial charge in [-0.25, -0.2) is 0 Å². The number of para-hydroxylation sites is 1. The minimum absolute atomic E-state index is 0.156. The molecule has 0 aliphatic carbocycles. The Morgan fingerprint density at radius 1 is 1.35 bits per heavy atom. The second kappa shape index (κ2) is 4.51. The molecular formula is C13H12ClNO2. The van der Waals surface area contributed by atoms with Crippen molar-refractivity contribution in [3.05, 3.63) is 36.0 Å². The molecule has 0 bridgehead atoms. The third-order valence-corrected chi connectivity index (χ3v) is 3.04. The first-order valence-electron chi connectivity index (χ1n) is 5.56. The molecule has 1 fully saturated rings. The molecule has 0 atom stereocenters. The molecule has 2 aromatic rings. The minimum atomic E-state index is 0.156. The maximum atomic E-state index is 5.88. The molecule has 0 N–H and O–H groups in total. The molecule has 1 aromatic heterocycles. The van der Waals surface area contributed by atoms with E-state index in [4.69, 9.17) is 21.1 Å². The number of ether oxygens (including phenoxy) is 2. The number of alkyl halides is 1. The summed E-state index contributed by atoms with van der Waals surface area (Å²) in [5.74, 6) is 1.24. The molecule has 1 aliphatic heterocycles. The molecule has 3 nitrogen and oxygen atoms in total. The summed E-state index contributed by atoms with van der Waals surface area (Å²) in [5, 5.41) is 1.02. The third-order valence-electron chi connectivity index (χ3n) is 2.77. The molecule has 0 unspecified atom stereocenters. The zero-order chi connectivity index (χ0) is 11.7. The molecule has 3 rings (SSSR count). The number of nitrogens with zero attached hydrogens (tertiary/aromatic N) is 1. The summed E-state index contributed by atoms with van der Waals surface area (Å²) in [7, 11) is 0. The van der Waals surface area contributed by atoms with Crippen molar-refractivity contribution < 1.29 is 9.47 Å². The van der Waals surface area contributed by atoms with Crippen molar-refractivity contribution in [3.8, 4) is 5.75 Å². The fourth-order valence-corrected chi connectivity index (χ4v) is 1.96. The van der Waals surface area contributed by atoms with E-state index in [0.29, 0.717) is 19.1 Å². The van der Waals surface area contributed by atoms with Crippen molar-refractivity contribution in [2.24, 2.45) is 0 Å². The number of hydrogen-bond donors (Lipinski definition) is 0. The van der Waals surface area contributed by atoms with Crippen LogP contribution in [0.25, 0.3) is 10.9 Å². The van der Waals surface area contributed by atoms with Crippen LogP contribution in [0.4, 0.5) is 0 Å². The summed E-state index contributed by atoms with van der Waals surface area (Å²) in [6.45, 7) is 1.32. The lowest BCUT2D eigenvalue weighted by atomic mass is 10.2. The second-order valence-electron chi connectivity index (χ2n) is 4.04. The fourth-order valence-electron chi connectivity index (χ4n) is 1.82. The van der Waals surface area contributed by atoms with Gasteiger partial charge < -0.3 is 9.47 Å². The van der Waals surface area contributed by atoms with Crippen LogP contribution in [0.3, 0.4) is 0 Å². The fraction of sp³-hybridized carbons (Fsp3) is 0.308. The van der Waals surface area contributed by atoms with Gasteiger partial charge in [-0.05, 0) is 12.1 Å². The molecule has 17 heavy (non-hydrogen) atoms. The summed E-state index contributed by atoms with van der Waals surface area (Å²) in [6.07, 6.45) is 0.156. The monoisotopic (exact) mass is 249 g/mol. The first kappa shape index (κ1) is 10.8. The van der Waals surface area contributed by atoms with E-state index in [-0.39, 0.29) is 6.10 Å². The zero-order valence-corrected chi connectivity index (χ0v) is 9.98. The van der Waals surface area contributed by atoms with Crippen molar-refractivity contribution in [2.45, 2.75) is 12.0 Å². The molecular weight excluding hydrogens is 238 g/mol. The Labute approximate surface area is 104 Å². The summed E-state index contributed by atoms with van der Waals surface area (Å²) < 4.78 is 11.0. The molecule has 4 heteroatoms. The molecule has 1 aliphatic rings. The molecule has 0 amide bonds. The van der Waals surface area contributed by atoms with Crippen LogP contribution in [0.5, 0.6) is 5.75 Å². The Kier molecular flexibility index (Phi) is 2.87. The predicted molar refractivity (Wildman–Crippen MR) is 66.5 cm³/mol. The first-order chi connectivity index (χ1) is 8.36. The number of pyridine rings is 1.